The summed E-state index contributed by atoms with van der Waals surface area (Å²) < 4.78 is 12.9. The third-order valence-corrected chi connectivity index (χ3v) is 4.27. The second-order valence-electron chi connectivity index (χ2n) is 5.59. The number of amides is 2. The van der Waals surface area contributed by atoms with Gasteiger partial charge in [0.2, 0.25) is 12.3 Å². The number of aromatic nitrogens is 1. The zero-order chi connectivity index (χ0) is 16.3. The molecule has 0 aliphatic heterocycles. The van der Waals surface area contributed by atoms with Gasteiger partial charge in [0.05, 0.1) is 5.41 Å². The number of rotatable bonds is 5. The average Bonchev–Trinajstić information content (AvgIpc) is 2.50. The van der Waals surface area contributed by atoms with E-state index in [1.54, 1.807) is 12.3 Å². The molecule has 5 nitrogen and oxygen atoms in total. The Kier molecular flexibility index (Phi) is 4.06. The Hall–Kier alpha value is -2.76. The maximum atomic E-state index is 12.9. The van der Waals surface area contributed by atoms with E-state index < -0.39 is 5.41 Å². The molecule has 0 bridgehead atoms. The van der Waals surface area contributed by atoms with Crippen molar-refractivity contribution in [2.75, 3.05) is 10.6 Å². The van der Waals surface area contributed by atoms with Gasteiger partial charge in [0.15, 0.2) is 0 Å². The number of hydrogen-bond acceptors (Lipinski definition) is 3. The predicted molar refractivity (Wildman–Crippen MR) is 84.5 cm³/mol. The summed E-state index contributed by atoms with van der Waals surface area (Å²) in [5.41, 5.74) is 0.774. The highest BCUT2D eigenvalue weighted by Crippen LogP contribution is 2.44. The van der Waals surface area contributed by atoms with Crippen molar-refractivity contribution in [3.63, 3.8) is 0 Å². The minimum Gasteiger partial charge on any atom is -0.325 e. The molecule has 118 valence electrons. The highest BCUT2D eigenvalue weighted by molar-refractivity contribution is 5.99. The molecule has 2 N–H and O–H groups in total. The van der Waals surface area contributed by atoms with Crippen molar-refractivity contribution in [2.45, 2.75) is 24.7 Å². The number of benzene rings is 1. The normalized spacial score (nSPS) is 15.3. The van der Waals surface area contributed by atoms with Gasteiger partial charge in [-0.1, -0.05) is 12.5 Å². The van der Waals surface area contributed by atoms with Gasteiger partial charge in [-0.05, 0) is 48.7 Å². The van der Waals surface area contributed by atoms with Crippen molar-refractivity contribution < 1.29 is 14.0 Å². The van der Waals surface area contributed by atoms with Crippen LogP contribution in [-0.2, 0) is 15.0 Å². The summed E-state index contributed by atoms with van der Waals surface area (Å²) in [6.07, 6.45) is 4.62. The van der Waals surface area contributed by atoms with E-state index in [4.69, 9.17) is 0 Å². The molecule has 3 rings (SSSR count). The van der Waals surface area contributed by atoms with Crippen molar-refractivity contribution in [2.24, 2.45) is 0 Å². The molecule has 2 amide bonds. The third kappa shape index (κ3) is 2.92. The van der Waals surface area contributed by atoms with Crippen molar-refractivity contribution in [1.82, 2.24) is 4.98 Å². The highest BCUT2D eigenvalue weighted by Gasteiger charge is 2.45. The maximum absolute atomic E-state index is 12.9. The standard InChI is InChI=1S/C17H16FN3O2/c18-13-3-5-14(6-4-13)21-16(23)17(8-1-9-17)12-2-7-15(19-10-12)20-11-22/h2-7,10-11H,1,8-9H2,(H,21,23)(H,19,20,22). The molecule has 2 aromatic rings. The second kappa shape index (κ2) is 6.16. The molecule has 1 aromatic carbocycles. The number of carbonyl (C=O) groups is 2. The Balaban J connectivity index is 1.80. The molecule has 1 aromatic heterocycles. The van der Waals surface area contributed by atoms with Gasteiger partial charge in [0.25, 0.3) is 0 Å². The summed E-state index contributed by atoms with van der Waals surface area (Å²) in [6.45, 7) is 0. The Morgan fingerprint density at radius 2 is 1.91 bits per heavy atom. The van der Waals surface area contributed by atoms with Crippen LogP contribution in [0.2, 0.25) is 0 Å². The molecule has 1 fully saturated rings. The van der Waals surface area contributed by atoms with Crippen LogP contribution in [0.4, 0.5) is 15.9 Å². The number of halogens is 1. The summed E-state index contributed by atoms with van der Waals surface area (Å²) in [5.74, 6) is -0.0192. The van der Waals surface area contributed by atoms with Crippen LogP contribution < -0.4 is 10.6 Å². The minimum atomic E-state index is -0.610. The van der Waals surface area contributed by atoms with Crippen LogP contribution in [0.25, 0.3) is 0 Å². The monoisotopic (exact) mass is 313 g/mol. The lowest BCUT2D eigenvalue weighted by molar-refractivity contribution is -0.124. The molecule has 1 aliphatic carbocycles. The largest absolute Gasteiger partial charge is 0.325 e. The molecule has 1 heterocycles. The molecule has 6 heteroatoms. The first-order chi connectivity index (χ1) is 11.1. The average molecular weight is 313 g/mol. The van der Waals surface area contributed by atoms with E-state index in [1.165, 1.54) is 24.3 Å². The molecule has 0 unspecified atom stereocenters. The first-order valence-electron chi connectivity index (χ1n) is 7.38. The van der Waals surface area contributed by atoms with Crippen LogP contribution in [0.15, 0.2) is 42.6 Å². The van der Waals surface area contributed by atoms with Crippen LogP contribution in [0.3, 0.4) is 0 Å². The Morgan fingerprint density at radius 3 is 2.43 bits per heavy atom. The Bertz CT molecular complexity index is 710. The number of hydrogen-bond donors (Lipinski definition) is 2. The fraction of sp³-hybridized carbons (Fsp3) is 0.235. The van der Waals surface area contributed by atoms with E-state index in [9.17, 15) is 14.0 Å². The highest BCUT2D eigenvalue weighted by atomic mass is 19.1. The smallest absolute Gasteiger partial charge is 0.235 e. The number of pyridine rings is 1. The van der Waals surface area contributed by atoms with Crippen molar-refractivity contribution in [1.29, 1.82) is 0 Å². The van der Waals surface area contributed by atoms with Crippen molar-refractivity contribution in [3.8, 4) is 0 Å². The van der Waals surface area contributed by atoms with Gasteiger partial charge < -0.3 is 10.6 Å². The first-order valence-corrected chi connectivity index (χ1v) is 7.38. The Labute approximate surface area is 132 Å². The lowest BCUT2D eigenvalue weighted by Gasteiger charge is -2.40. The number of nitrogens with zero attached hydrogens (tertiary/aromatic N) is 1. The third-order valence-electron chi connectivity index (χ3n) is 4.27. The van der Waals surface area contributed by atoms with E-state index >= 15 is 0 Å². The fourth-order valence-corrected chi connectivity index (χ4v) is 2.78. The fourth-order valence-electron chi connectivity index (χ4n) is 2.78. The van der Waals surface area contributed by atoms with Crippen LogP contribution in [0.5, 0.6) is 0 Å². The van der Waals surface area contributed by atoms with E-state index in [0.717, 1.165) is 24.8 Å². The van der Waals surface area contributed by atoms with E-state index in [2.05, 4.69) is 15.6 Å². The van der Waals surface area contributed by atoms with Crippen molar-refractivity contribution in [3.05, 3.63) is 54.0 Å². The summed E-state index contributed by atoms with van der Waals surface area (Å²) in [4.78, 5) is 27.3. The predicted octanol–water partition coefficient (Wildman–Crippen LogP) is 2.85. The lowest BCUT2D eigenvalue weighted by Crippen LogP contribution is -2.46. The minimum absolute atomic E-state index is 0.117. The second-order valence-corrected chi connectivity index (χ2v) is 5.59. The first kappa shape index (κ1) is 15.1. The molecule has 1 saturated carbocycles. The quantitative estimate of drug-likeness (QED) is 0.834. The van der Waals surface area contributed by atoms with Gasteiger partial charge >= 0.3 is 0 Å². The van der Waals surface area contributed by atoms with Crippen LogP contribution in [0.1, 0.15) is 24.8 Å². The molecular weight excluding hydrogens is 297 g/mol. The number of carbonyl (C=O) groups excluding carboxylic acids is 2. The van der Waals surface area contributed by atoms with E-state index in [0.29, 0.717) is 17.9 Å². The zero-order valence-electron chi connectivity index (χ0n) is 12.4. The van der Waals surface area contributed by atoms with Gasteiger partial charge in [-0.25, -0.2) is 9.37 Å². The van der Waals surface area contributed by atoms with Gasteiger partial charge in [0, 0.05) is 11.9 Å². The molecule has 1 aliphatic rings. The topological polar surface area (TPSA) is 71.1 Å². The SMILES string of the molecule is O=CNc1ccc(C2(C(=O)Nc3ccc(F)cc3)CCC2)cn1. The van der Waals surface area contributed by atoms with E-state index in [-0.39, 0.29) is 11.7 Å². The van der Waals surface area contributed by atoms with Crippen molar-refractivity contribution >= 4 is 23.8 Å². The summed E-state index contributed by atoms with van der Waals surface area (Å²) in [7, 11) is 0. The number of anilines is 2. The lowest BCUT2D eigenvalue weighted by atomic mass is 9.64. The van der Waals surface area contributed by atoms with Crippen LogP contribution in [0, 0.1) is 5.82 Å². The summed E-state index contributed by atoms with van der Waals surface area (Å²) in [5, 5.41) is 5.31. The van der Waals surface area contributed by atoms with Gasteiger partial charge in [-0.3, -0.25) is 9.59 Å². The Morgan fingerprint density at radius 1 is 1.17 bits per heavy atom. The summed E-state index contributed by atoms with van der Waals surface area (Å²) in [6, 6.07) is 9.18. The maximum Gasteiger partial charge on any atom is 0.235 e. The van der Waals surface area contributed by atoms with Gasteiger partial charge in [0.1, 0.15) is 11.6 Å². The molecular formula is C17H16FN3O2. The molecule has 0 spiro atoms. The molecule has 0 radical (unpaired) electrons. The zero-order valence-corrected chi connectivity index (χ0v) is 12.4. The molecule has 0 saturated heterocycles. The van der Waals surface area contributed by atoms with Gasteiger partial charge in [-0.15, -0.1) is 0 Å². The number of nitrogens with one attached hydrogen (secondary N) is 2. The van der Waals surface area contributed by atoms with Crippen LogP contribution in [-0.4, -0.2) is 17.3 Å². The molecule has 23 heavy (non-hydrogen) atoms. The van der Waals surface area contributed by atoms with Crippen LogP contribution >= 0.6 is 0 Å². The van der Waals surface area contributed by atoms with Gasteiger partial charge in [-0.2, -0.15) is 0 Å². The summed E-state index contributed by atoms with van der Waals surface area (Å²) >= 11 is 0. The molecule has 0 atom stereocenters. The van der Waals surface area contributed by atoms with E-state index in [1.807, 2.05) is 6.07 Å².